The van der Waals surface area contributed by atoms with Gasteiger partial charge in [-0.05, 0) is 47.0 Å². The molecule has 0 bridgehead atoms. The molecule has 0 saturated heterocycles. The third-order valence-electron chi connectivity index (χ3n) is 4.45. The summed E-state index contributed by atoms with van der Waals surface area (Å²) in [6.07, 6.45) is 4.46. The highest BCUT2D eigenvalue weighted by Gasteiger charge is 2.25. The molecular formula is C19H18B2O5. The molecule has 0 amide bonds. The zero-order valence-corrected chi connectivity index (χ0v) is 14.0. The molecule has 5 nitrogen and oxygen atoms in total. The monoisotopic (exact) mass is 348 g/mol. The Morgan fingerprint density at radius 2 is 1.08 bits per heavy atom. The quantitative estimate of drug-likeness (QED) is 0.456. The molecule has 0 heterocycles. The molecule has 2 aromatic rings. The highest BCUT2D eigenvalue weighted by molar-refractivity contribution is 6.60. The Hall–Kier alpha value is -2.44. The van der Waals surface area contributed by atoms with Gasteiger partial charge in [0.2, 0.25) is 0 Å². The van der Waals surface area contributed by atoms with Crippen LogP contribution in [0.3, 0.4) is 0 Å². The summed E-state index contributed by atoms with van der Waals surface area (Å²) in [6, 6.07) is 13.6. The van der Waals surface area contributed by atoms with Gasteiger partial charge < -0.3 is 20.1 Å². The summed E-state index contributed by atoms with van der Waals surface area (Å²) in [5.41, 5.74) is 3.06. The van der Waals surface area contributed by atoms with Crippen molar-refractivity contribution in [2.24, 2.45) is 0 Å². The largest absolute Gasteiger partial charge is 0.489 e. The minimum Gasteiger partial charge on any atom is -0.423 e. The van der Waals surface area contributed by atoms with E-state index in [9.17, 15) is 24.9 Å². The van der Waals surface area contributed by atoms with Crippen LogP contribution in [0.25, 0.3) is 12.2 Å². The van der Waals surface area contributed by atoms with Gasteiger partial charge in [0.05, 0.1) is 0 Å². The first-order chi connectivity index (χ1) is 12.5. The van der Waals surface area contributed by atoms with Gasteiger partial charge in [-0.15, -0.1) is 0 Å². The lowest BCUT2D eigenvalue weighted by molar-refractivity contribution is -0.111. The maximum absolute atomic E-state index is 12.7. The van der Waals surface area contributed by atoms with Crippen molar-refractivity contribution >= 4 is 43.1 Å². The lowest BCUT2D eigenvalue weighted by Gasteiger charge is -2.06. The third kappa shape index (κ3) is 3.86. The normalized spacial score (nSPS) is 17.2. The summed E-state index contributed by atoms with van der Waals surface area (Å²) in [6.45, 7) is 0. The molecule has 1 fully saturated rings. The number of hydrogen-bond acceptors (Lipinski definition) is 5. The molecule has 1 aliphatic carbocycles. The van der Waals surface area contributed by atoms with Gasteiger partial charge in [-0.1, -0.05) is 48.5 Å². The maximum atomic E-state index is 12.7. The molecule has 3 rings (SSSR count). The summed E-state index contributed by atoms with van der Waals surface area (Å²) >= 11 is 0. The van der Waals surface area contributed by atoms with Crippen LogP contribution in [-0.2, 0) is 4.79 Å². The second kappa shape index (κ2) is 7.85. The lowest BCUT2D eigenvalue weighted by Crippen LogP contribution is -2.32. The molecule has 1 aliphatic rings. The van der Waals surface area contributed by atoms with Crippen LogP contribution in [0.5, 0.6) is 0 Å². The minimum absolute atomic E-state index is 0.116. The Morgan fingerprint density at radius 3 is 1.46 bits per heavy atom. The van der Waals surface area contributed by atoms with Crippen LogP contribution in [0, 0.1) is 0 Å². The summed E-state index contributed by atoms with van der Waals surface area (Å²) < 4.78 is 0. The van der Waals surface area contributed by atoms with Crippen LogP contribution in [0.15, 0.2) is 59.7 Å². The summed E-state index contributed by atoms with van der Waals surface area (Å²) in [4.78, 5) is 12.7. The van der Waals surface area contributed by atoms with Gasteiger partial charge in [-0.25, -0.2) is 0 Å². The highest BCUT2D eigenvalue weighted by Crippen LogP contribution is 2.29. The number of carbonyl (C=O) groups is 1. The van der Waals surface area contributed by atoms with E-state index < -0.39 is 14.2 Å². The number of carbonyl (C=O) groups excluding carboxylic acids is 1. The first-order valence-electron chi connectivity index (χ1n) is 8.33. The SMILES string of the molecule is O=C1/C(=C/c2ccccc2B(O)O)CC/C1=C\c1ccccc1B(O)O. The number of Topliss-reactive ketones (excluding diaryl/α,β-unsaturated/α-hetero) is 1. The molecule has 0 aliphatic heterocycles. The van der Waals surface area contributed by atoms with Crippen LogP contribution in [0.4, 0.5) is 0 Å². The summed E-state index contributed by atoms with van der Waals surface area (Å²) in [7, 11) is -3.21. The zero-order valence-electron chi connectivity index (χ0n) is 14.0. The van der Waals surface area contributed by atoms with Crippen molar-refractivity contribution in [3.05, 3.63) is 70.8 Å². The van der Waals surface area contributed by atoms with Gasteiger partial charge in [0.1, 0.15) is 0 Å². The number of ketones is 1. The van der Waals surface area contributed by atoms with Crippen LogP contribution >= 0.6 is 0 Å². The molecule has 7 heteroatoms. The Kier molecular flexibility index (Phi) is 5.54. The predicted octanol–water partition coefficient (Wildman–Crippen LogP) is -0.124. The van der Waals surface area contributed by atoms with Gasteiger partial charge in [-0.2, -0.15) is 0 Å². The number of benzene rings is 2. The topological polar surface area (TPSA) is 98.0 Å². The van der Waals surface area contributed by atoms with Crippen LogP contribution in [0.2, 0.25) is 0 Å². The highest BCUT2D eigenvalue weighted by atomic mass is 16.4. The second-order valence-corrected chi connectivity index (χ2v) is 6.17. The third-order valence-corrected chi connectivity index (χ3v) is 4.45. The fourth-order valence-corrected chi connectivity index (χ4v) is 3.11. The molecule has 0 atom stereocenters. The average Bonchev–Trinajstić information content (AvgIpc) is 2.96. The smallest absolute Gasteiger partial charge is 0.423 e. The molecule has 2 aromatic carbocycles. The number of rotatable bonds is 4. The van der Waals surface area contributed by atoms with Gasteiger partial charge >= 0.3 is 14.2 Å². The zero-order chi connectivity index (χ0) is 18.7. The first kappa shape index (κ1) is 18.4. The van der Waals surface area contributed by atoms with E-state index in [4.69, 9.17) is 0 Å². The van der Waals surface area contributed by atoms with E-state index in [2.05, 4.69) is 0 Å². The van der Waals surface area contributed by atoms with Crippen molar-refractivity contribution < 1.29 is 24.9 Å². The van der Waals surface area contributed by atoms with E-state index in [1.165, 1.54) is 0 Å². The van der Waals surface area contributed by atoms with Crippen molar-refractivity contribution in [1.82, 2.24) is 0 Å². The Bertz CT molecular complexity index is 816. The van der Waals surface area contributed by atoms with Crippen LogP contribution in [0.1, 0.15) is 24.0 Å². The molecule has 4 N–H and O–H groups in total. The number of hydrogen-bond donors (Lipinski definition) is 4. The summed E-state index contributed by atoms with van der Waals surface area (Å²) in [5, 5.41) is 37.8. The maximum Gasteiger partial charge on any atom is 0.489 e. The molecule has 0 radical (unpaired) electrons. The van der Waals surface area contributed by atoms with Crippen molar-refractivity contribution in [2.45, 2.75) is 12.8 Å². The molecule has 1 saturated carbocycles. The molecule has 26 heavy (non-hydrogen) atoms. The second-order valence-electron chi connectivity index (χ2n) is 6.17. The van der Waals surface area contributed by atoms with Crippen molar-refractivity contribution in [2.75, 3.05) is 0 Å². The first-order valence-corrected chi connectivity index (χ1v) is 8.33. The molecule has 0 spiro atoms. The van der Waals surface area contributed by atoms with E-state index >= 15 is 0 Å². The van der Waals surface area contributed by atoms with Crippen LogP contribution in [-0.4, -0.2) is 40.1 Å². The van der Waals surface area contributed by atoms with Crippen molar-refractivity contribution in [3.63, 3.8) is 0 Å². The van der Waals surface area contributed by atoms with Crippen LogP contribution < -0.4 is 10.9 Å². The van der Waals surface area contributed by atoms with Gasteiger partial charge in [0, 0.05) is 11.1 Å². The number of allylic oxidation sites excluding steroid dienone is 2. The van der Waals surface area contributed by atoms with E-state index in [-0.39, 0.29) is 5.78 Å². The van der Waals surface area contributed by atoms with Gasteiger partial charge in [0.15, 0.2) is 5.78 Å². The Morgan fingerprint density at radius 1 is 0.692 bits per heavy atom. The lowest BCUT2D eigenvalue weighted by atomic mass is 9.76. The van der Waals surface area contributed by atoms with E-state index in [0.29, 0.717) is 46.0 Å². The Balaban J connectivity index is 1.92. The van der Waals surface area contributed by atoms with Gasteiger partial charge in [0.25, 0.3) is 0 Å². The molecule has 0 unspecified atom stereocenters. The Labute approximate surface area is 152 Å². The average molecular weight is 348 g/mol. The summed E-state index contributed by atoms with van der Waals surface area (Å²) in [5.74, 6) is -0.116. The van der Waals surface area contributed by atoms with Crippen molar-refractivity contribution in [3.8, 4) is 0 Å². The van der Waals surface area contributed by atoms with Crippen molar-refractivity contribution in [1.29, 1.82) is 0 Å². The molecular weight excluding hydrogens is 330 g/mol. The fourth-order valence-electron chi connectivity index (χ4n) is 3.11. The van der Waals surface area contributed by atoms with E-state index in [1.807, 2.05) is 0 Å². The molecule has 0 aromatic heterocycles. The fraction of sp³-hybridized carbons (Fsp3) is 0.105. The van der Waals surface area contributed by atoms with E-state index in [0.717, 1.165) is 0 Å². The standard InChI is InChI=1S/C19H18B2O5/c22-19-15(11-13-5-1-3-7-17(13)20(23)24)9-10-16(19)12-14-6-2-4-8-18(14)21(25)26/h1-8,11-12,23-26H,9-10H2/b15-11+,16-12+. The van der Waals surface area contributed by atoms with E-state index in [1.54, 1.807) is 60.7 Å². The van der Waals surface area contributed by atoms with Gasteiger partial charge in [-0.3, -0.25) is 4.79 Å². The minimum atomic E-state index is -1.60. The molecule has 130 valence electrons. The predicted molar refractivity (Wildman–Crippen MR) is 103 cm³/mol.